The molecular weight excluding hydrogens is 374 g/mol. The Kier molecular flexibility index (Phi) is 5.20. The number of carbonyl (C=O) groups excluding carboxylic acids is 3. The van der Waals surface area contributed by atoms with Gasteiger partial charge in [0.25, 0.3) is 0 Å². The van der Waals surface area contributed by atoms with Crippen LogP contribution in [0, 0.1) is 0 Å². The van der Waals surface area contributed by atoms with Crippen molar-refractivity contribution in [1.82, 2.24) is 15.6 Å². The molecule has 29 heavy (non-hydrogen) atoms. The lowest BCUT2D eigenvalue weighted by Crippen LogP contribution is -2.49. The number of nitrogens with zero attached hydrogens (tertiary/aromatic N) is 3. The molecule has 0 spiro atoms. The Labute approximate surface area is 168 Å². The molecule has 0 aliphatic carbocycles. The molecule has 9 heteroatoms. The predicted molar refractivity (Wildman–Crippen MR) is 108 cm³/mol. The topological polar surface area (TPSA) is 104 Å². The van der Waals surface area contributed by atoms with Gasteiger partial charge in [0, 0.05) is 68.6 Å². The second-order valence-corrected chi connectivity index (χ2v) is 7.16. The van der Waals surface area contributed by atoms with Gasteiger partial charge < -0.3 is 15.0 Å². The smallest absolute Gasteiger partial charge is 0.407 e. The Bertz CT molecular complexity index is 955. The number of amides is 4. The van der Waals surface area contributed by atoms with E-state index in [2.05, 4.69) is 26.6 Å². The van der Waals surface area contributed by atoms with Crippen molar-refractivity contribution in [2.45, 2.75) is 25.4 Å². The fourth-order valence-electron chi connectivity index (χ4n) is 3.80. The molecule has 4 amide bonds. The van der Waals surface area contributed by atoms with E-state index in [4.69, 9.17) is 4.74 Å². The van der Waals surface area contributed by atoms with Crippen LogP contribution in [0.5, 0.6) is 0 Å². The Morgan fingerprint density at radius 2 is 2.00 bits per heavy atom. The number of carbonyl (C=O) groups is 3. The van der Waals surface area contributed by atoms with Crippen molar-refractivity contribution in [3.8, 4) is 0 Å². The molecule has 152 valence electrons. The average Bonchev–Trinajstić information content (AvgIpc) is 2.73. The number of alkyl carbamates (subject to hydrolysis) is 1. The molecule has 1 aromatic heterocycles. The Morgan fingerprint density at radius 1 is 1.21 bits per heavy atom. The number of ether oxygens (including phenoxy) is 1. The molecule has 2 aliphatic rings. The van der Waals surface area contributed by atoms with Crippen LogP contribution in [-0.4, -0.2) is 55.8 Å². The van der Waals surface area contributed by atoms with E-state index in [0.29, 0.717) is 12.2 Å². The van der Waals surface area contributed by atoms with E-state index in [1.54, 1.807) is 24.3 Å². The highest BCUT2D eigenvalue weighted by Gasteiger charge is 2.26. The summed E-state index contributed by atoms with van der Waals surface area (Å²) in [6, 6.07) is 5.65. The third-order valence-electron chi connectivity index (χ3n) is 5.35. The summed E-state index contributed by atoms with van der Waals surface area (Å²) in [5.41, 5.74) is 1.75. The highest BCUT2D eigenvalue weighted by atomic mass is 16.6. The van der Waals surface area contributed by atoms with Crippen molar-refractivity contribution in [3.05, 3.63) is 30.6 Å². The molecule has 2 N–H and O–H groups in total. The number of hydrogen-bond donors (Lipinski definition) is 2. The number of urea groups is 1. The number of piperidine rings is 1. The quantitative estimate of drug-likeness (QED) is 0.821. The van der Waals surface area contributed by atoms with Crippen molar-refractivity contribution in [2.24, 2.45) is 0 Å². The number of imide groups is 1. The van der Waals surface area contributed by atoms with Crippen LogP contribution < -0.4 is 20.4 Å². The van der Waals surface area contributed by atoms with Crippen LogP contribution in [0.4, 0.5) is 21.0 Å². The molecule has 2 aromatic rings. The lowest BCUT2D eigenvalue weighted by Gasteiger charge is -2.33. The zero-order chi connectivity index (χ0) is 20.4. The van der Waals surface area contributed by atoms with Gasteiger partial charge in [-0.2, -0.15) is 0 Å². The van der Waals surface area contributed by atoms with Crippen LogP contribution in [-0.2, 0) is 9.53 Å². The minimum Gasteiger partial charge on any atom is -0.446 e. The number of fused-ring (bicyclic) bond motifs is 1. The maximum atomic E-state index is 12.2. The molecule has 1 aromatic carbocycles. The first-order chi connectivity index (χ1) is 14.0. The Balaban J connectivity index is 1.52. The second-order valence-electron chi connectivity index (χ2n) is 7.16. The molecule has 0 bridgehead atoms. The number of benzene rings is 1. The van der Waals surface area contributed by atoms with Gasteiger partial charge in [-0.3, -0.25) is 20.0 Å². The summed E-state index contributed by atoms with van der Waals surface area (Å²) in [5.74, 6) is -0.259. The first kappa shape index (κ1) is 19.0. The van der Waals surface area contributed by atoms with Crippen LogP contribution in [0.15, 0.2) is 30.6 Å². The van der Waals surface area contributed by atoms with Gasteiger partial charge in [-0.05, 0) is 12.1 Å². The molecule has 2 saturated heterocycles. The summed E-state index contributed by atoms with van der Waals surface area (Å²) in [6.45, 7) is 1.92. The van der Waals surface area contributed by atoms with Gasteiger partial charge in [0.15, 0.2) is 0 Å². The molecule has 9 nitrogen and oxygen atoms in total. The zero-order valence-corrected chi connectivity index (χ0v) is 16.2. The summed E-state index contributed by atoms with van der Waals surface area (Å²) in [6.07, 6.45) is 4.77. The molecular formula is C20H23N5O4. The maximum Gasteiger partial charge on any atom is 0.407 e. The standard InChI is InChI=1S/C20H23N5O4/c1-21-20(28)29-15-4-7-24(8-5-15)14-2-3-16-13(10-14)11-22-12-17(16)25-9-6-18(26)23-19(25)27/h2-3,10-12,15H,4-9H2,1H3,(H,21,28)(H,23,26,27). The number of pyridine rings is 1. The summed E-state index contributed by atoms with van der Waals surface area (Å²) >= 11 is 0. The predicted octanol–water partition coefficient (Wildman–Crippen LogP) is 2.01. The highest BCUT2D eigenvalue weighted by Crippen LogP contribution is 2.31. The average molecular weight is 397 g/mol. The van der Waals surface area contributed by atoms with E-state index in [0.717, 1.165) is 42.4 Å². The summed E-state index contributed by atoms with van der Waals surface area (Å²) in [4.78, 5) is 43.1. The summed E-state index contributed by atoms with van der Waals surface area (Å²) in [7, 11) is 1.56. The molecule has 3 heterocycles. The largest absolute Gasteiger partial charge is 0.446 e. The molecule has 0 saturated carbocycles. The molecule has 0 radical (unpaired) electrons. The van der Waals surface area contributed by atoms with Crippen LogP contribution in [0.2, 0.25) is 0 Å². The van der Waals surface area contributed by atoms with E-state index < -0.39 is 12.1 Å². The SMILES string of the molecule is CNC(=O)OC1CCN(c2ccc3c(N4CCC(=O)NC4=O)cncc3c2)CC1. The lowest BCUT2D eigenvalue weighted by atomic mass is 10.0. The molecule has 0 unspecified atom stereocenters. The number of anilines is 2. The Hall–Kier alpha value is -3.36. The zero-order valence-electron chi connectivity index (χ0n) is 16.2. The van der Waals surface area contributed by atoms with Crippen molar-refractivity contribution >= 4 is 40.2 Å². The van der Waals surface area contributed by atoms with Gasteiger partial charge in [0.1, 0.15) is 6.10 Å². The van der Waals surface area contributed by atoms with E-state index in [1.807, 2.05) is 12.1 Å². The van der Waals surface area contributed by atoms with Crippen LogP contribution in [0.1, 0.15) is 19.3 Å². The third-order valence-corrected chi connectivity index (χ3v) is 5.35. The molecule has 2 aliphatic heterocycles. The second kappa shape index (κ2) is 7.94. The van der Waals surface area contributed by atoms with Gasteiger partial charge in [0.2, 0.25) is 5.91 Å². The number of hydrogen-bond acceptors (Lipinski definition) is 6. The Morgan fingerprint density at radius 3 is 2.72 bits per heavy atom. The highest BCUT2D eigenvalue weighted by molar-refractivity contribution is 6.09. The van der Waals surface area contributed by atoms with E-state index in [-0.39, 0.29) is 18.4 Å². The number of aromatic nitrogens is 1. The molecule has 4 rings (SSSR count). The van der Waals surface area contributed by atoms with Gasteiger partial charge in [-0.1, -0.05) is 6.07 Å². The van der Waals surface area contributed by atoms with E-state index in [1.165, 1.54) is 0 Å². The third kappa shape index (κ3) is 3.94. The van der Waals surface area contributed by atoms with Gasteiger partial charge in [-0.25, -0.2) is 9.59 Å². The van der Waals surface area contributed by atoms with E-state index in [9.17, 15) is 14.4 Å². The van der Waals surface area contributed by atoms with Crippen molar-refractivity contribution in [2.75, 3.05) is 36.5 Å². The van der Waals surface area contributed by atoms with Crippen LogP contribution in [0.25, 0.3) is 10.8 Å². The first-order valence-corrected chi connectivity index (χ1v) is 9.67. The number of rotatable bonds is 3. The normalized spacial score (nSPS) is 18.0. The number of nitrogens with one attached hydrogen (secondary N) is 2. The molecule has 2 fully saturated rings. The lowest BCUT2D eigenvalue weighted by molar-refractivity contribution is -0.120. The molecule has 0 atom stereocenters. The van der Waals surface area contributed by atoms with E-state index >= 15 is 0 Å². The monoisotopic (exact) mass is 397 g/mol. The van der Waals surface area contributed by atoms with Crippen LogP contribution >= 0.6 is 0 Å². The van der Waals surface area contributed by atoms with Crippen molar-refractivity contribution < 1.29 is 19.1 Å². The van der Waals surface area contributed by atoms with Gasteiger partial charge in [-0.15, -0.1) is 0 Å². The van der Waals surface area contributed by atoms with Gasteiger partial charge >= 0.3 is 12.1 Å². The maximum absolute atomic E-state index is 12.2. The van der Waals surface area contributed by atoms with Gasteiger partial charge in [0.05, 0.1) is 11.9 Å². The summed E-state index contributed by atoms with van der Waals surface area (Å²) in [5, 5.41) is 6.66. The first-order valence-electron chi connectivity index (χ1n) is 9.67. The minimum atomic E-state index is -0.419. The minimum absolute atomic E-state index is 0.0692. The fraction of sp³-hybridized carbons (Fsp3) is 0.400. The van der Waals surface area contributed by atoms with Crippen LogP contribution in [0.3, 0.4) is 0 Å². The van der Waals surface area contributed by atoms with Crippen molar-refractivity contribution in [3.63, 3.8) is 0 Å². The van der Waals surface area contributed by atoms with Crippen molar-refractivity contribution in [1.29, 1.82) is 0 Å². The summed E-state index contributed by atoms with van der Waals surface area (Å²) < 4.78 is 5.34. The fourth-order valence-corrected chi connectivity index (χ4v) is 3.80.